The lowest BCUT2D eigenvalue weighted by molar-refractivity contribution is 0.601. The van der Waals surface area contributed by atoms with Gasteiger partial charge in [-0.25, -0.2) is 13.1 Å². The van der Waals surface area contributed by atoms with Gasteiger partial charge in [-0.3, -0.25) is 4.72 Å². The van der Waals surface area contributed by atoms with Crippen LogP contribution in [0.3, 0.4) is 0 Å². The molecule has 1 heterocycles. The third-order valence-corrected chi connectivity index (χ3v) is 5.50. The summed E-state index contributed by atoms with van der Waals surface area (Å²) < 4.78 is 29.6. The fourth-order valence-corrected chi connectivity index (χ4v) is 4.16. The van der Waals surface area contributed by atoms with Crippen molar-refractivity contribution in [1.29, 1.82) is 0 Å². The summed E-state index contributed by atoms with van der Waals surface area (Å²) in [4.78, 5) is 0.0397. The van der Waals surface area contributed by atoms with Gasteiger partial charge in [-0.2, -0.15) is 5.10 Å². The number of rotatable bonds is 4. The largest absolute Gasteiger partial charge is 0.276 e. The van der Waals surface area contributed by atoms with Crippen LogP contribution in [0.5, 0.6) is 0 Å². The molecule has 0 aliphatic carbocycles. The van der Waals surface area contributed by atoms with Gasteiger partial charge in [-0.05, 0) is 38.1 Å². The molecule has 0 fully saturated rings. The van der Waals surface area contributed by atoms with Gasteiger partial charge in [0.15, 0.2) is 0 Å². The summed E-state index contributed by atoms with van der Waals surface area (Å²) in [6.45, 7) is 3.58. The second kappa shape index (κ2) is 6.30. The van der Waals surface area contributed by atoms with E-state index in [1.807, 2.05) is 37.3 Å². The zero-order valence-corrected chi connectivity index (χ0v) is 14.8. The molecule has 0 unspecified atom stereocenters. The molecule has 0 atom stereocenters. The van der Waals surface area contributed by atoms with Crippen LogP contribution in [0.2, 0.25) is 5.02 Å². The van der Waals surface area contributed by atoms with Crippen molar-refractivity contribution < 1.29 is 8.42 Å². The molecule has 2 aromatic carbocycles. The maximum atomic E-state index is 12.6. The summed E-state index contributed by atoms with van der Waals surface area (Å²) in [6, 6.07) is 15.9. The first-order chi connectivity index (χ1) is 11.4. The minimum absolute atomic E-state index is 0.0397. The SMILES string of the molecule is Cc1nn(-c2ccccc2)c(C)c1NS(=O)(=O)c1ccccc1Cl. The summed E-state index contributed by atoms with van der Waals surface area (Å²) in [6.07, 6.45) is 0. The van der Waals surface area contributed by atoms with Crippen LogP contribution in [0, 0.1) is 13.8 Å². The summed E-state index contributed by atoms with van der Waals surface area (Å²) in [5, 5.41) is 4.61. The Morgan fingerprint density at radius 1 is 1.00 bits per heavy atom. The molecule has 1 N–H and O–H groups in total. The predicted molar refractivity (Wildman–Crippen MR) is 95.3 cm³/mol. The van der Waals surface area contributed by atoms with Crippen molar-refractivity contribution in [3.05, 3.63) is 71.0 Å². The van der Waals surface area contributed by atoms with E-state index in [0.29, 0.717) is 17.1 Å². The van der Waals surface area contributed by atoms with Crippen LogP contribution in [-0.2, 0) is 10.0 Å². The van der Waals surface area contributed by atoms with Crippen molar-refractivity contribution in [2.45, 2.75) is 18.7 Å². The summed E-state index contributed by atoms with van der Waals surface area (Å²) in [7, 11) is -3.79. The molecule has 0 spiro atoms. The fourth-order valence-electron chi connectivity index (χ4n) is 2.46. The van der Waals surface area contributed by atoms with Crippen LogP contribution in [0.15, 0.2) is 59.5 Å². The average molecular weight is 362 g/mol. The number of anilines is 1. The van der Waals surface area contributed by atoms with Crippen LogP contribution in [-0.4, -0.2) is 18.2 Å². The summed E-state index contributed by atoms with van der Waals surface area (Å²) in [5.74, 6) is 0. The zero-order chi connectivity index (χ0) is 17.3. The molecule has 0 saturated carbocycles. The van der Waals surface area contributed by atoms with Crippen molar-refractivity contribution in [3.63, 3.8) is 0 Å². The number of hydrogen-bond acceptors (Lipinski definition) is 3. The molecular weight excluding hydrogens is 346 g/mol. The number of sulfonamides is 1. The molecule has 0 bridgehead atoms. The molecule has 1 aromatic heterocycles. The molecular formula is C17H16ClN3O2S. The maximum absolute atomic E-state index is 12.6. The Morgan fingerprint density at radius 2 is 1.62 bits per heavy atom. The number of hydrogen-bond donors (Lipinski definition) is 1. The Kier molecular flexibility index (Phi) is 4.34. The summed E-state index contributed by atoms with van der Waals surface area (Å²) in [5.41, 5.74) is 2.61. The number of halogens is 1. The minimum atomic E-state index is -3.79. The van der Waals surface area contributed by atoms with Crippen molar-refractivity contribution in [2.24, 2.45) is 0 Å². The number of aryl methyl sites for hydroxylation is 1. The highest BCUT2D eigenvalue weighted by Gasteiger charge is 2.22. The standard InChI is InChI=1S/C17H16ClN3O2S/c1-12-17(13(2)21(19-12)14-8-4-3-5-9-14)20-24(22,23)16-11-7-6-10-15(16)18/h3-11,20H,1-2H3. The van der Waals surface area contributed by atoms with Crippen LogP contribution in [0.4, 0.5) is 5.69 Å². The van der Waals surface area contributed by atoms with Crippen molar-refractivity contribution in [1.82, 2.24) is 9.78 Å². The van der Waals surface area contributed by atoms with E-state index < -0.39 is 10.0 Å². The fraction of sp³-hybridized carbons (Fsp3) is 0.118. The lowest BCUT2D eigenvalue weighted by Crippen LogP contribution is -2.14. The van der Waals surface area contributed by atoms with Gasteiger partial charge in [0, 0.05) is 0 Å². The van der Waals surface area contributed by atoms with Crippen molar-refractivity contribution >= 4 is 27.3 Å². The van der Waals surface area contributed by atoms with Gasteiger partial charge in [0.1, 0.15) is 4.90 Å². The molecule has 0 saturated heterocycles. The van der Waals surface area contributed by atoms with Crippen LogP contribution < -0.4 is 4.72 Å². The molecule has 5 nitrogen and oxygen atoms in total. The topological polar surface area (TPSA) is 64.0 Å². The van der Waals surface area contributed by atoms with E-state index in [1.54, 1.807) is 29.8 Å². The Morgan fingerprint density at radius 3 is 2.29 bits per heavy atom. The third-order valence-electron chi connectivity index (χ3n) is 3.65. The van der Waals surface area contributed by atoms with Gasteiger partial charge >= 0.3 is 0 Å². The van der Waals surface area contributed by atoms with E-state index in [2.05, 4.69) is 9.82 Å². The van der Waals surface area contributed by atoms with Gasteiger partial charge in [0.25, 0.3) is 10.0 Å². The van der Waals surface area contributed by atoms with Crippen LogP contribution >= 0.6 is 11.6 Å². The van der Waals surface area contributed by atoms with Gasteiger partial charge in [0.05, 0.1) is 27.8 Å². The van der Waals surface area contributed by atoms with E-state index in [-0.39, 0.29) is 9.92 Å². The Balaban J connectivity index is 2.03. The number of nitrogens with one attached hydrogen (secondary N) is 1. The Bertz CT molecular complexity index is 982. The molecule has 124 valence electrons. The van der Waals surface area contributed by atoms with Gasteiger partial charge in [-0.15, -0.1) is 0 Å². The van der Waals surface area contributed by atoms with Crippen molar-refractivity contribution in [2.75, 3.05) is 4.72 Å². The van der Waals surface area contributed by atoms with E-state index in [1.165, 1.54) is 6.07 Å². The first-order valence-corrected chi connectivity index (χ1v) is 9.15. The van der Waals surface area contributed by atoms with Crippen LogP contribution in [0.1, 0.15) is 11.4 Å². The second-order valence-corrected chi connectivity index (χ2v) is 7.39. The monoisotopic (exact) mass is 361 g/mol. The van der Waals surface area contributed by atoms with Crippen molar-refractivity contribution in [3.8, 4) is 5.69 Å². The normalized spacial score (nSPS) is 11.5. The molecule has 0 aliphatic heterocycles. The molecule has 0 aliphatic rings. The van der Waals surface area contributed by atoms with E-state index in [4.69, 9.17) is 11.6 Å². The lowest BCUT2D eigenvalue weighted by atomic mass is 10.3. The first kappa shape index (κ1) is 16.5. The third kappa shape index (κ3) is 3.02. The van der Waals surface area contributed by atoms with Gasteiger partial charge in [-0.1, -0.05) is 41.9 Å². The number of aromatic nitrogens is 2. The second-order valence-electron chi connectivity index (χ2n) is 5.33. The number of nitrogens with zero attached hydrogens (tertiary/aromatic N) is 2. The Labute approximate surface area is 145 Å². The van der Waals surface area contributed by atoms with Gasteiger partial charge < -0.3 is 0 Å². The highest BCUT2D eigenvalue weighted by atomic mass is 35.5. The lowest BCUT2D eigenvalue weighted by Gasteiger charge is -2.10. The molecule has 0 amide bonds. The summed E-state index contributed by atoms with van der Waals surface area (Å²) >= 11 is 6.02. The van der Waals surface area contributed by atoms with Gasteiger partial charge in [0.2, 0.25) is 0 Å². The zero-order valence-electron chi connectivity index (χ0n) is 13.2. The first-order valence-electron chi connectivity index (χ1n) is 7.29. The molecule has 3 aromatic rings. The maximum Gasteiger partial charge on any atom is 0.263 e. The quantitative estimate of drug-likeness (QED) is 0.765. The molecule has 24 heavy (non-hydrogen) atoms. The number of benzene rings is 2. The van der Waals surface area contributed by atoms with E-state index >= 15 is 0 Å². The van der Waals surface area contributed by atoms with E-state index in [9.17, 15) is 8.42 Å². The average Bonchev–Trinajstić information content (AvgIpc) is 2.84. The highest BCUT2D eigenvalue weighted by Crippen LogP contribution is 2.28. The highest BCUT2D eigenvalue weighted by molar-refractivity contribution is 7.92. The smallest absolute Gasteiger partial charge is 0.263 e. The van der Waals surface area contributed by atoms with Crippen LogP contribution in [0.25, 0.3) is 5.69 Å². The Hall–Kier alpha value is -2.31. The number of para-hydroxylation sites is 1. The predicted octanol–water partition coefficient (Wildman–Crippen LogP) is 3.94. The molecule has 7 heteroatoms. The minimum Gasteiger partial charge on any atom is -0.276 e. The van der Waals surface area contributed by atoms with E-state index in [0.717, 1.165) is 5.69 Å². The molecule has 3 rings (SSSR count). The molecule has 0 radical (unpaired) electrons.